The highest BCUT2D eigenvalue weighted by Gasteiger charge is 2.04. The van der Waals surface area contributed by atoms with Gasteiger partial charge in [-0.3, -0.25) is 9.59 Å². The average Bonchev–Trinajstić information content (AvgIpc) is 2.68. The average molecular weight is 361 g/mol. The third-order valence-electron chi connectivity index (χ3n) is 4.13. The molecule has 0 fully saturated rings. The van der Waals surface area contributed by atoms with Crippen molar-refractivity contribution in [2.75, 3.05) is 22.5 Å². The normalized spacial score (nSPS) is 10.4. The summed E-state index contributed by atoms with van der Waals surface area (Å²) < 4.78 is 0. The number of carbonyl (C=O) groups excluding carboxylic acids is 2. The van der Waals surface area contributed by atoms with Crippen molar-refractivity contribution in [2.45, 2.75) is 19.8 Å². The fourth-order valence-corrected chi connectivity index (χ4v) is 2.77. The monoisotopic (exact) mass is 361 g/mol. The molecule has 27 heavy (non-hydrogen) atoms. The smallest absolute Gasteiger partial charge is 0.243 e. The summed E-state index contributed by atoms with van der Waals surface area (Å²) in [5, 5.41) is 11.1. The van der Waals surface area contributed by atoms with E-state index < -0.39 is 0 Å². The van der Waals surface area contributed by atoms with E-state index in [0.717, 1.165) is 23.2 Å². The van der Waals surface area contributed by atoms with Crippen molar-refractivity contribution in [1.82, 2.24) is 0 Å². The van der Waals surface area contributed by atoms with Crippen LogP contribution in [0.1, 0.15) is 19.8 Å². The molecule has 0 aliphatic carbocycles. The topological polar surface area (TPSA) is 70.2 Å². The molecule has 3 aromatic carbocycles. The second-order valence-electron chi connectivity index (χ2n) is 6.34. The first-order chi connectivity index (χ1) is 13.1. The minimum atomic E-state index is -0.133. The van der Waals surface area contributed by atoms with Gasteiger partial charge in [-0.1, -0.05) is 37.3 Å². The Kier molecular flexibility index (Phi) is 6.05. The standard InChI is InChI=1S/C22H23N3O2/c1-2-5-21(26)24-18-10-12-19(13-11-18)25-22(27)15-23-20-9-8-16-6-3-4-7-17(16)14-20/h3-4,6-14,23H,2,5,15H2,1H3,(H,24,26)(H,25,27). The van der Waals surface area contributed by atoms with Gasteiger partial charge >= 0.3 is 0 Å². The number of anilines is 3. The zero-order chi connectivity index (χ0) is 19.1. The summed E-state index contributed by atoms with van der Waals surface area (Å²) in [6.07, 6.45) is 1.31. The molecule has 0 heterocycles. The first-order valence-electron chi connectivity index (χ1n) is 9.06. The van der Waals surface area contributed by atoms with Crippen LogP contribution in [0.2, 0.25) is 0 Å². The van der Waals surface area contributed by atoms with Crippen LogP contribution in [-0.4, -0.2) is 18.4 Å². The Morgan fingerprint density at radius 2 is 1.33 bits per heavy atom. The van der Waals surface area contributed by atoms with Gasteiger partial charge in [-0.25, -0.2) is 0 Å². The predicted molar refractivity (Wildman–Crippen MR) is 111 cm³/mol. The molecule has 0 aliphatic heterocycles. The summed E-state index contributed by atoms with van der Waals surface area (Å²) in [6, 6.07) is 21.2. The molecule has 2 amide bonds. The van der Waals surface area contributed by atoms with Crippen molar-refractivity contribution >= 4 is 39.6 Å². The molecule has 0 unspecified atom stereocenters. The van der Waals surface area contributed by atoms with Crippen LogP contribution in [0.15, 0.2) is 66.7 Å². The molecule has 0 aliphatic rings. The zero-order valence-corrected chi connectivity index (χ0v) is 15.3. The maximum Gasteiger partial charge on any atom is 0.243 e. The number of fused-ring (bicyclic) bond motifs is 1. The molecule has 0 radical (unpaired) electrons. The van der Waals surface area contributed by atoms with Gasteiger partial charge < -0.3 is 16.0 Å². The first kappa shape index (κ1) is 18.5. The van der Waals surface area contributed by atoms with E-state index >= 15 is 0 Å². The Balaban J connectivity index is 1.51. The SMILES string of the molecule is CCCC(=O)Nc1ccc(NC(=O)CNc2ccc3ccccc3c2)cc1. The van der Waals surface area contributed by atoms with Crippen LogP contribution in [0, 0.1) is 0 Å². The number of carbonyl (C=O) groups is 2. The molecule has 5 heteroatoms. The highest BCUT2D eigenvalue weighted by Crippen LogP contribution is 2.19. The van der Waals surface area contributed by atoms with Gasteiger partial charge in [0.2, 0.25) is 11.8 Å². The summed E-state index contributed by atoms with van der Waals surface area (Å²) >= 11 is 0. The van der Waals surface area contributed by atoms with E-state index in [1.165, 1.54) is 5.39 Å². The largest absolute Gasteiger partial charge is 0.376 e. The zero-order valence-electron chi connectivity index (χ0n) is 15.3. The second-order valence-corrected chi connectivity index (χ2v) is 6.34. The summed E-state index contributed by atoms with van der Waals surface area (Å²) in [5.41, 5.74) is 2.31. The van der Waals surface area contributed by atoms with Gasteiger partial charge in [0.05, 0.1) is 6.54 Å². The van der Waals surface area contributed by atoms with Crippen molar-refractivity contribution in [2.24, 2.45) is 0 Å². The lowest BCUT2D eigenvalue weighted by Gasteiger charge is -2.10. The number of rotatable bonds is 7. The number of nitrogens with one attached hydrogen (secondary N) is 3. The first-order valence-corrected chi connectivity index (χ1v) is 9.06. The van der Waals surface area contributed by atoms with E-state index in [9.17, 15) is 9.59 Å². The maximum atomic E-state index is 12.2. The van der Waals surface area contributed by atoms with Gasteiger partial charge in [-0.15, -0.1) is 0 Å². The van der Waals surface area contributed by atoms with Crippen LogP contribution in [0.3, 0.4) is 0 Å². The van der Waals surface area contributed by atoms with E-state index in [1.54, 1.807) is 24.3 Å². The van der Waals surface area contributed by atoms with Gasteiger partial charge in [0.15, 0.2) is 0 Å². The third kappa shape index (κ3) is 5.31. The molecule has 3 rings (SSSR count). The van der Waals surface area contributed by atoms with Gasteiger partial charge in [-0.05, 0) is 53.6 Å². The fraction of sp³-hybridized carbons (Fsp3) is 0.182. The summed E-state index contributed by atoms with van der Waals surface area (Å²) in [6.45, 7) is 2.14. The number of hydrogen-bond donors (Lipinski definition) is 3. The lowest BCUT2D eigenvalue weighted by Crippen LogP contribution is -2.21. The molecule has 3 N–H and O–H groups in total. The van der Waals surface area contributed by atoms with Crippen molar-refractivity contribution in [1.29, 1.82) is 0 Å². The highest BCUT2D eigenvalue weighted by molar-refractivity contribution is 5.95. The molecule has 3 aromatic rings. The van der Waals surface area contributed by atoms with Crippen LogP contribution in [0.5, 0.6) is 0 Å². The molecular weight excluding hydrogens is 338 g/mol. The predicted octanol–water partition coefficient (Wildman–Crippen LogP) is 4.63. The molecule has 0 saturated carbocycles. The summed E-state index contributed by atoms with van der Waals surface area (Å²) in [5.74, 6) is -0.139. The van der Waals surface area contributed by atoms with Crippen LogP contribution in [-0.2, 0) is 9.59 Å². The fourth-order valence-electron chi connectivity index (χ4n) is 2.77. The maximum absolute atomic E-state index is 12.2. The Hall–Kier alpha value is -3.34. The summed E-state index contributed by atoms with van der Waals surface area (Å²) in [7, 11) is 0. The number of hydrogen-bond acceptors (Lipinski definition) is 3. The lowest BCUT2D eigenvalue weighted by molar-refractivity contribution is -0.116. The Morgan fingerprint density at radius 1 is 0.741 bits per heavy atom. The summed E-state index contributed by atoms with van der Waals surface area (Å²) in [4.78, 5) is 23.7. The van der Waals surface area contributed by atoms with Gasteiger partial charge in [0.25, 0.3) is 0 Å². The molecule has 0 saturated heterocycles. The minimum absolute atomic E-state index is 0.00568. The van der Waals surface area contributed by atoms with Crippen molar-refractivity contribution in [3.8, 4) is 0 Å². The minimum Gasteiger partial charge on any atom is -0.376 e. The highest BCUT2D eigenvalue weighted by atomic mass is 16.2. The Labute approximate surface area is 158 Å². The molecular formula is C22H23N3O2. The second kappa shape index (κ2) is 8.85. The van der Waals surface area contributed by atoms with Gasteiger partial charge in [-0.2, -0.15) is 0 Å². The van der Waals surface area contributed by atoms with E-state index in [2.05, 4.69) is 22.0 Å². The Bertz CT molecular complexity index is 936. The van der Waals surface area contributed by atoms with Gasteiger partial charge in [0, 0.05) is 23.5 Å². The van der Waals surface area contributed by atoms with Crippen molar-refractivity contribution in [3.05, 3.63) is 66.7 Å². The van der Waals surface area contributed by atoms with Crippen molar-refractivity contribution < 1.29 is 9.59 Å². The number of amides is 2. The third-order valence-corrected chi connectivity index (χ3v) is 4.13. The lowest BCUT2D eigenvalue weighted by atomic mass is 10.1. The number of benzene rings is 3. The van der Waals surface area contributed by atoms with E-state index in [1.807, 2.05) is 43.3 Å². The molecule has 5 nitrogen and oxygen atoms in total. The quantitative estimate of drug-likeness (QED) is 0.575. The van der Waals surface area contributed by atoms with Crippen LogP contribution >= 0.6 is 0 Å². The van der Waals surface area contributed by atoms with Gasteiger partial charge in [0.1, 0.15) is 0 Å². The molecule has 0 atom stereocenters. The molecule has 0 spiro atoms. The molecule has 0 bridgehead atoms. The van der Waals surface area contributed by atoms with Crippen LogP contribution in [0.25, 0.3) is 10.8 Å². The van der Waals surface area contributed by atoms with E-state index in [4.69, 9.17) is 0 Å². The van der Waals surface area contributed by atoms with Crippen LogP contribution < -0.4 is 16.0 Å². The van der Waals surface area contributed by atoms with Crippen molar-refractivity contribution in [3.63, 3.8) is 0 Å². The van der Waals surface area contributed by atoms with E-state index in [-0.39, 0.29) is 18.4 Å². The Morgan fingerprint density at radius 3 is 2.00 bits per heavy atom. The van der Waals surface area contributed by atoms with E-state index in [0.29, 0.717) is 12.1 Å². The molecule has 0 aromatic heterocycles. The van der Waals surface area contributed by atoms with Crippen LogP contribution in [0.4, 0.5) is 17.1 Å². The molecule has 138 valence electrons.